The van der Waals surface area contributed by atoms with E-state index < -0.39 is 0 Å². The molecule has 2 fully saturated rings. The summed E-state index contributed by atoms with van der Waals surface area (Å²) in [4.78, 5) is 37.3. The number of nitrogens with zero attached hydrogens (tertiary/aromatic N) is 5. The Labute approximate surface area is 179 Å². The van der Waals surface area contributed by atoms with Gasteiger partial charge in [0.05, 0.1) is 10.5 Å². The molecule has 0 radical (unpaired) electrons. The number of hydrogen-bond donors (Lipinski definition) is 0. The molecule has 2 aliphatic rings. The molecule has 0 atom stereocenters. The highest BCUT2D eigenvalue weighted by molar-refractivity contribution is 8.26. The van der Waals surface area contributed by atoms with Crippen molar-refractivity contribution in [2.75, 3.05) is 44.2 Å². The normalized spacial score (nSPS) is 19.7. The van der Waals surface area contributed by atoms with Gasteiger partial charge in [-0.15, -0.1) is 0 Å². The average Bonchev–Trinajstić information content (AvgIpc) is 3.02. The van der Waals surface area contributed by atoms with E-state index in [9.17, 15) is 9.59 Å². The van der Waals surface area contributed by atoms with Gasteiger partial charge in [0.1, 0.15) is 15.8 Å². The van der Waals surface area contributed by atoms with Crippen LogP contribution in [0.5, 0.6) is 0 Å². The lowest BCUT2D eigenvalue weighted by molar-refractivity contribution is -0.121. The molecule has 152 valence electrons. The minimum Gasteiger partial charge on any atom is -0.353 e. The van der Waals surface area contributed by atoms with Crippen molar-refractivity contribution in [2.45, 2.75) is 13.8 Å². The fourth-order valence-corrected chi connectivity index (χ4v) is 5.00. The van der Waals surface area contributed by atoms with Crippen LogP contribution in [0.3, 0.4) is 0 Å². The van der Waals surface area contributed by atoms with Crippen LogP contribution in [0.4, 0.5) is 5.82 Å². The molecule has 4 rings (SSSR count). The smallest absolute Gasteiger partial charge is 0.267 e. The van der Waals surface area contributed by atoms with Gasteiger partial charge in [-0.1, -0.05) is 37.0 Å². The molecule has 0 N–H and O–H groups in total. The van der Waals surface area contributed by atoms with Gasteiger partial charge in [-0.3, -0.25) is 18.9 Å². The molecule has 0 spiro atoms. The number of hydrogen-bond acceptors (Lipinski definition) is 7. The highest BCUT2D eigenvalue weighted by Gasteiger charge is 2.32. The average molecular weight is 430 g/mol. The number of anilines is 1. The summed E-state index contributed by atoms with van der Waals surface area (Å²) >= 11 is 6.56. The van der Waals surface area contributed by atoms with E-state index in [2.05, 4.69) is 16.7 Å². The molecular formula is C20H23N5O2S2. The van der Waals surface area contributed by atoms with Crippen LogP contribution in [0.15, 0.2) is 34.1 Å². The van der Waals surface area contributed by atoms with Gasteiger partial charge in [0.15, 0.2) is 0 Å². The second kappa shape index (κ2) is 8.25. The third-order valence-corrected chi connectivity index (χ3v) is 6.71. The Morgan fingerprint density at radius 1 is 1.14 bits per heavy atom. The van der Waals surface area contributed by atoms with Crippen molar-refractivity contribution in [3.63, 3.8) is 0 Å². The first-order chi connectivity index (χ1) is 14.0. The Kier molecular flexibility index (Phi) is 5.71. The summed E-state index contributed by atoms with van der Waals surface area (Å²) in [7, 11) is 0. The molecule has 0 bridgehead atoms. The number of aromatic nitrogens is 2. The minimum absolute atomic E-state index is 0.151. The van der Waals surface area contributed by atoms with E-state index in [1.807, 2.05) is 19.1 Å². The summed E-state index contributed by atoms with van der Waals surface area (Å²) < 4.78 is 2.05. The molecular weight excluding hydrogens is 406 g/mol. The SMILES string of the molecule is CCN1CCN(c2nc3ccccn3c(=O)c2/C=C2/SC(=S)N(CC)C2=O)CC1. The van der Waals surface area contributed by atoms with Crippen LogP contribution in [0, 0.1) is 0 Å². The van der Waals surface area contributed by atoms with Crippen molar-refractivity contribution in [1.82, 2.24) is 19.2 Å². The fourth-order valence-electron chi connectivity index (χ4n) is 3.64. The highest BCUT2D eigenvalue weighted by atomic mass is 32.2. The third kappa shape index (κ3) is 3.70. The van der Waals surface area contributed by atoms with E-state index in [0.717, 1.165) is 32.7 Å². The third-order valence-electron chi connectivity index (χ3n) is 5.33. The topological polar surface area (TPSA) is 61.2 Å². The predicted octanol–water partition coefficient (Wildman–Crippen LogP) is 2.06. The van der Waals surface area contributed by atoms with Crippen molar-refractivity contribution in [1.29, 1.82) is 0 Å². The maximum Gasteiger partial charge on any atom is 0.267 e. The number of piperazine rings is 1. The zero-order valence-electron chi connectivity index (χ0n) is 16.5. The Morgan fingerprint density at radius 3 is 2.55 bits per heavy atom. The molecule has 29 heavy (non-hydrogen) atoms. The molecule has 2 aromatic heterocycles. The van der Waals surface area contributed by atoms with E-state index in [1.54, 1.807) is 23.2 Å². The molecule has 4 heterocycles. The van der Waals surface area contributed by atoms with E-state index in [1.165, 1.54) is 16.2 Å². The molecule has 0 aromatic carbocycles. The molecule has 7 nitrogen and oxygen atoms in total. The number of thioether (sulfide) groups is 1. The van der Waals surface area contributed by atoms with Gasteiger partial charge in [0, 0.05) is 38.9 Å². The number of amides is 1. The van der Waals surface area contributed by atoms with Crippen LogP contribution in [0.1, 0.15) is 19.4 Å². The number of carbonyl (C=O) groups is 1. The first-order valence-corrected chi connectivity index (χ1v) is 11.0. The lowest BCUT2D eigenvalue weighted by Gasteiger charge is -2.35. The number of likely N-dealkylation sites (N-methyl/N-ethyl adjacent to an activating group) is 2. The van der Waals surface area contributed by atoms with Crippen molar-refractivity contribution < 1.29 is 4.79 Å². The summed E-state index contributed by atoms with van der Waals surface area (Å²) in [6.45, 7) is 8.99. The monoisotopic (exact) mass is 429 g/mol. The van der Waals surface area contributed by atoms with E-state index >= 15 is 0 Å². The molecule has 1 amide bonds. The van der Waals surface area contributed by atoms with Crippen LogP contribution in [-0.4, -0.2) is 68.7 Å². The fraction of sp³-hybridized carbons (Fsp3) is 0.400. The predicted molar refractivity (Wildman–Crippen MR) is 121 cm³/mol. The van der Waals surface area contributed by atoms with Crippen LogP contribution >= 0.6 is 24.0 Å². The Morgan fingerprint density at radius 2 is 1.90 bits per heavy atom. The van der Waals surface area contributed by atoms with Crippen molar-refractivity contribution in [2.24, 2.45) is 0 Å². The molecule has 0 aliphatic carbocycles. The van der Waals surface area contributed by atoms with Gasteiger partial charge in [-0.05, 0) is 31.7 Å². The van der Waals surface area contributed by atoms with Gasteiger partial charge < -0.3 is 9.80 Å². The van der Waals surface area contributed by atoms with Gasteiger partial charge in [0.2, 0.25) is 0 Å². The zero-order chi connectivity index (χ0) is 20.5. The quantitative estimate of drug-likeness (QED) is 0.545. The minimum atomic E-state index is -0.176. The van der Waals surface area contributed by atoms with Gasteiger partial charge in [-0.25, -0.2) is 4.98 Å². The molecule has 2 saturated heterocycles. The molecule has 0 saturated carbocycles. The summed E-state index contributed by atoms with van der Waals surface area (Å²) in [6.07, 6.45) is 3.38. The second-order valence-corrected chi connectivity index (χ2v) is 8.61. The number of carbonyl (C=O) groups excluding carboxylic acids is 1. The Balaban J connectivity index is 1.83. The molecule has 0 unspecified atom stereocenters. The van der Waals surface area contributed by atoms with E-state index in [-0.39, 0.29) is 11.5 Å². The first-order valence-electron chi connectivity index (χ1n) is 9.77. The van der Waals surface area contributed by atoms with Gasteiger partial charge in [0.25, 0.3) is 11.5 Å². The van der Waals surface area contributed by atoms with Gasteiger partial charge >= 0.3 is 0 Å². The maximum atomic E-state index is 13.3. The summed E-state index contributed by atoms with van der Waals surface area (Å²) in [5, 5.41) is 0. The van der Waals surface area contributed by atoms with E-state index in [0.29, 0.717) is 32.8 Å². The number of fused-ring (bicyclic) bond motifs is 1. The number of thiocarbonyl (C=S) groups is 1. The maximum absolute atomic E-state index is 13.3. The van der Waals surface area contributed by atoms with Crippen LogP contribution in [-0.2, 0) is 4.79 Å². The van der Waals surface area contributed by atoms with Crippen LogP contribution in [0.25, 0.3) is 11.7 Å². The molecule has 9 heteroatoms. The number of rotatable bonds is 4. The molecule has 2 aliphatic heterocycles. The first kappa shape index (κ1) is 20.1. The summed E-state index contributed by atoms with van der Waals surface area (Å²) in [6, 6.07) is 5.50. The largest absolute Gasteiger partial charge is 0.353 e. The van der Waals surface area contributed by atoms with Gasteiger partial charge in [-0.2, -0.15) is 0 Å². The Hall–Kier alpha value is -2.23. The highest BCUT2D eigenvalue weighted by Crippen LogP contribution is 2.33. The summed E-state index contributed by atoms with van der Waals surface area (Å²) in [5.41, 5.74) is 0.865. The Bertz CT molecular complexity index is 1060. The lowest BCUT2D eigenvalue weighted by atomic mass is 10.2. The van der Waals surface area contributed by atoms with Crippen molar-refractivity contribution in [3.05, 3.63) is 45.2 Å². The number of pyridine rings is 1. The summed E-state index contributed by atoms with van der Waals surface area (Å²) in [5.74, 6) is 0.487. The van der Waals surface area contributed by atoms with Crippen LogP contribution < -0.4 is 10.5 Å². The van der Waals surface area contributed by atoms with Crippen LogP contribution in [0.2, 0.25) is 0 Å². The standard InChI is InChI=1S/C20H23N5O2S2/c1-3-22-9-11-23(12-10-22)17-14(13-15-19(27)24(4-2)20(28)29-15)18(26)25-8-6-5-7-16(25)21-17/h5-8,13H,3-4,9-12H2,1-2H3/b15-13+. The van der Waals surface area contributed by atoms with Crippen molar-refractivity contribution >= 4 is 51.7 Å². The second-order valence-electron chi connectivity index (χ2n) is 6.93. The molecule has 2 aromatic rings. The van der Waals surface area contributed by atoms with E-state index in [4.69, 9.17) is 17.2 Å². The zero-order valence-corrected chi connectivity index (χ0v) is 18.1. The lowest BCUT2D eigenvalue weighted by Crippen LogP contribution is -2.47. The van der Waals surface area contributed by atoms with Crippen molar-refractivity contribution in [3.8, 4) is 0 Å².